The summed E-state index contributed by atoms with van der Waals surface area (Å²) < 4.78 is 0. The van der Waals surface area contributed by atoms with E-state index in [0.29, 0.717) is 0 Å². The van der Waals surface area contributed by atoms with Crippen molar-refractivity contribution in [2.24, 2.45) is 0 Å². The van der Waals surface area contributed by atoms with E-state index < -0.39 is 0 Å². The maximum absolute atomic E-state index is 2.38. The van der Waals surface area contributed by atoms with Crippen LogP contribution >= 0.6 is 0 Å². The Bertz CT molecular complexity index is 767. The minimum Gasteiger partial charge on any atom is -1.00 e. The van der Waals surface area contributed by atoms with E-state index in [1.54, 1.807) is 23.3 Å². The Balaban J connectivity index is 0.000000357. The van der Waals surface area contributed by atoms with Crippen LogP contribution in [-0.4, -0.2) is 5.43 Å². The van der Waals surface area contributed by atoms with Crippen molar-refractivity contribution in [2.75, 3.05) is 0 Å². The fourth-order valence-electron chi connectivity index (χ4n) is 2.14. The molecule has 0 radical (unpaired) electrons. The van der Waals surface area contributed by atoms with Gasteiger partial charge in [0.25, 0.3) is 0 Å². The van der Waals surface area contributed by atoms with Crippen molar-refractivity contribution in [1.82, 2.24) is 0 Å². The second kappa shape index (κ2) is 13.5. The van der Waals surface area contributed by atoms with E-state index in [-0.39, 0.29) is 30.2 Å². The van der Waals surface area contributed by atoms with Gasteiger partial charge in [-0.15, -0.1) is 59.3 Å². The summed E-state index contributed by atoms with van der Waals surface area (Å²) in [5.74, 6) is 0. The third-order valence-electron chi connectivity index (χ3n) is 3.96. The zero-order valence-corrected chi connectivity index (χ0v) is 20.4. The fraction of sp³-hybridized carbons (Fsp3) is 0.182. The molecule has 0 aromatic heterocycles. The van der Waals surface area contributed by atoms with Crippen LogP contribution in [0.1, 0.15) is 13.8 Å². The van der Waals surface area contributed by atoms with Gasteiger partial charge in [-0.1, -0.05) is 12.1 Å². The van der Waals surface area contributed by atoms with Crippen LogP contribution in [0.2, 0.25) is 12.1 Å². The molecule has 0 amide bonds. The third kappa shape index (κ3) is 8.35. The number of hydrogen-bond donors (Lipinski definition) is 0. The number of fused-ring (bicyclic) bond motifs is 2. The Labute approximate surface area is 184 Å². The standard InChI is InChI=1S/2C9H7.C4H10Si.2ClH.Zr/c2*1-2-5-9-7-3-6-8(9)4-1;1-4(2)5-3;;;/h2*1-7H;4H,1-3H3;2*1H;/q2*-1;;;;+2/p-2. The summed E-state index contributed by atoms with van der Waals surface area (Å²) in [7, 11) is 0. The van der Waals surface area contributed by atoms with Crippen molar-refractivity contribution >= 4 is 27.0 Å². The molecule has 0 saturated heterocycles. The molecule has 0 aliphatic heterocycles. The molecule has 4 aromatic rings. The predicted octanol–water partition coefficient (Wildman–Crippen LogP) is 0.690. The van der Waals surface area contributed by atoms with Crippen molar-refractivity contribution in [3.63, 3.8) is 0 Å². The summed E-state index contributed by atoms with van der Waals surface area (Å²) in [5.41, 5.74) is 1.13. The Hall–Kier alpha value is -0.660. The first kappa shape index (κ1) is 25.3. The van der Waals surface area contributed by atoms with Crippen molar-refractivity contribution in [1.29, 1.82) is 0 Å². The SMILES string of the molecule is CC(C)[Si](C)=[Zr+2].[Cl-].[Cl-].c1ccc2[cH-]ccc2c1.c1ccc2[cH-]ccc2c1. The molecule has 0 heterocycles. The molecule has 136 valence electrons. The maximum atomic E-state index is 2.38. The van der Waals surface area contributed by atoms with Crippen LogP contribution in [0.5, 0.6) is 0 Å². The molecule has 0 aliphatic rings. The molecule has 26 heavy (non-hydrogen) atoms. The molecular formula is C22H24Cl2SiZr-2. The third-order valence-corrected chi connectivity index (χ3v) is 9.95. The minimum absolute atomic E-state index is 0. The molecule has 0 fully saturated rings. The van der Waals surface area contributed by atoms with Crippen LogP contribution in [0.4, 0.5) is 0 Å². The minimum atomic E-state index is 0. The van der Waals surface area contributed by atoms with E-state index in [9.17, 15) is 0 Å². The molecule has 4 aromatic carbocycles. The van der Waals surface area contributed by atoms with Gasteiger partial charge in [-0.2, -0.15) is 35.0 Å². The Kier molecular flexibility index (Phi) is 13.2. The molecule has 0 aliphatic carbocycles. The Morgan fingerprint density at radius 2 is 1.08 bits per heavy atom. The van der Waals surface area contributed by atoms with Gasteiger partial charge in [0.05, 0.1) is 0 Å². The predicted molar refractivity (Wildman–Crippen MR) is 106 cm³/mol. The van der Waals surface area contributed by atoms with Gasteiger partial charge in [-0.3, -0.25) is 0 Å². The first-order valence-corrected chi connectivity index (χ1v) is 14.1. The number of rotatable bonds is 1. The summed E-state index contributed by atoms with van der Waals surface area (Å²) in [4.78, 5) is 0. The topological polar surface area (TPSA) is 0 Å². The van der Waals surface area contributed by atoms with Gasteiger partial charge in [-0.05, 0) is 0 Å². The number of hydrogen-bond acceptors (Lipinski definition) is 0. The quantitative estimate of drug-likeness (QED) is 0.279. The van der Waals surface area contributed by atoms with Crippen molar-refractivity contribution in [2.45, 2.75) is 25.9 Å². The second-order valence-corrected chi connectivity index (χ2v) is 14.5. The van der Waals surface area contributed by atoms with E-state index in [2.05, 4.69) is 105 Å². The van der Waals surface area contributed by atoms with Crippen molar-refractivity contribution in [3.8, 4) is 0 Å². The molecule has 0 bridgehead atoms. The molecule has 0 spiro atoms. The normalized spacial score (nSPS) is 9.31. The first-order chi connectivity index (χ1) is 11.6. The smallest absolute Gasteiger partial charge is 0.0809 e. The van der Waals surface area contributed by atoms with E-state index in [0.717, 1.165) is 5.54 Å². The summed E-state index contributed by atoms with van der Waals surface area (Å²) in [6.45, 7) is 7.00. The average molecular weight is 479 g/mol. The van der Waals surface area contributed by atoms with Crippen LogP contribution < -0.4 is 24.8 Å². The van der Waals surface area contributed by atoms with Crippen molar-refractivity contribution < 1.29 is 48.1 Å². The van der Waals surface area contributed by atoms with Crippen LogP contribution in [0, 0.1) is 0 Å². The van der Waals surface area contributed by atoms with Gasteiger partial charge >= 0.3 is 54.7 Å². The summed E-state index contributed by atoms with van der Waals surface area (Å²) in [5, 5.41) is 5.32. The van der Waals surface area contributed by atoms with Gasteiger partial charge in [-0.25, -0.2) is 0 Å². The fourth-order valence-corrected chi connectivity index (χ4v) is 2.14. The Morgan fingerprint density at radius 3 is 1.38 bits per heavy atom. The van der Waals surface area contributed by atoms with Gasteiger partial charge < -0.3 is 24.8 Å². The molecule has 0 unspecified atom stereocenters. The van der Waals surface area contributed by atoms with Crippen LogP contribution in [0.25, 0.3) is 21.5 Å². The van der Waals surface area contributed by atoms with Gasteiger partial charge in [0, 0.05) is 0 Å². The number of benzene rings is 2. The van der Waals surface area contributed by atoms with Crippen molar-refractivity contribution in [3.05, 3.63) is 84.9 Å². The van der Waals surface area contributed by atoms with Gasteiger partial charge in [0.15, 0.2) is 0 Å². The zero-order chi connectivity index (χ0) is 17.4. The molecular weight excluding hydrogens is 454 g/mol. The summed E-state index contributed by atoms with van der Waals surface area (Å²) in [6, 6.07) is 29.3. The van der Waals surface area contributed by atoms with Gasteiger partial charge in [0.1, 0.15) is 0 Å². The van der Waals surface area contributed by atoms with E-state index in [1.165, 1.54) is 21.5 Å². The maximum Gasteiger partial charge on any atom is -0.0809 e. The zero-order valence-electron chi connectivity index (χ0n) is 15.4. The van der Waals surface area contributed by atoms with E-state index in [4.69, 9.17) is 0 Å². The second-order valence-electron chi connectivity index (χ2n) is 6.15. The van der Waals surface area contributed by atoms with Gasteiger partial charge in [0.2, 0.25) is 0 Å². The average Bonchev–Trinajstić information content (AvgIpc) is 3.24. The molecule has 0 N–H and O–H groups in total. The van der Waals surface area contributed by atoms with Crippen LogP contribution in [0.3, 0.4) is 0 Å². The summed E-state index contributed by atoms with van der Waals surface area (Å²) in [6.07, 6.45) is 0. The molecule has 0 atom stereocenters. The molecule has 0 nitrogen and oxygen atoms in total. The van der Waals surface area contributed by atoms with Crippen LogP contribution in [-0.2, 0) is 23.3 Å². The molecule has 0 saturated carbocycles. The number of halogens is 2. The first-order valence-electron chi connectivity index (χ1n) is 8.34. The van der Waals surface area contributed by atoms with E-state index in [1.807, 2.05) is 0 Å². The van der Waals surface area contributed by atoms with Crippen LogP contribution in [0.15, 0.2) is 84.9 Å². The summed E-state index contributed by atoms with van der Waals surface area (Å²) >= 11 is 1.77. The monoisotopic (exact) mass is 476 g/mol. The molecule has 4 heteroatoms. The molecule has 4 rings (SSSR count). The Morgan fingerprint density at radius 1 is 0.731 bits per heavy atom. The largest absolute Gasteiger partial charge is 1.00 e. The van der Waals surface area contributed by atoms with E-state index >= 15 is 0 Å².